The number of carbonyl (C=O) groups is 1. The second kappa shape index (κ2) is 3.55. The molecule has 0 heterocycles. The van der Waals surface area contributed by atoms with Crippen molar-refractivity contribution >= 4 is 29.1 Å². The Morgan fingerprint density at radius 2 is 2.33 bits per heavy atom. The largest absolute Gasteiger partial charge is 0.345 e. The molecule has 1 rings (SSSR count). The van der Waals surface area contributed by atoms with Gasteiger partial charge in [0.1, 0.15) is 4.33 Å². The van der Waals surface area contributed by atoms with E-state index in [-0.39, 0.29) is 11.8 Å². The predicted molar refractivity (Wildman–Crippen MR) is 49.0 cm³/mol. The van der Waals surface area contributed by atoms with E-state index < -0.39 is 4.33 Å². The maximum absolute atomic E-state index is 11.1. The topological polar surface area (TPSA) is 29.1 Å². The Hall–Kier alpha value is -0.390. The van der Waals surface area contributed by atoms with E-state index >= 15 is 0 Å². The molecule has 4 heteroatoms. The summed E-state index contributed by atoms with van der Waals surface area (Å²) < 4.78 is -0.830. The van der Waals surface area contributed by atoms with E-state index in [0.29, 0.717) is 13.0 Å². The molecular weight excluding hydrogens is 197 g/mol. The normalized spacial score (nSPS) is 23.8. The lowest BCUT2D eigenvalue weighted by Crippen LogP contribution is -2.26. The molecule has 0 aromatic heterocycles. The van der Waals surface area contributed by atoms with Crippen LogP contribution in [0.3, 0.4) is 0 Å². The molecule has 66 valence electrons. The number of halogens is 2. The molecule has 1 fully saturated rings. The lowest BCUT2D eigenvalue weighted by atomic mass is 10.4. The molecule has 12 heavy (non-hydrogen) atoms. The van der Waals surface area contributed by atoms with Crippen molar-refractivity contribution in [3.8, 4) is 11.8 Å². The lowest BCUT2D eigenvalue weighted by Gasteiger charge is -1.99. The van der Waals surface area contributed by atoms with Crippen LogP contribution in [-0.2, 0) is 4.79 Å². The van der Waals surface area contributed by atoms with Crippen LogP contribution in [0.5, 0.6) is 0 Å². The minimum absolute atomic E-state index is 0.109. The molecule has 1 atom stereocenters. The third kappa shape index (κ3) is 2.30. The first kappa shape index (κ1) is 9.70. The second-order valence-electron chi connectivity index (χ2n) is 2.66. The van der Waals surface area contributed by atoms with E-state index in [4.69, 9.17) is 23.2 Å². The van der Waals surface area contributed by atoms with Crippen molar-refractivity contribution in [1.82, 2.24) is 5.32 Å². The summed E-state index contributed by atoms with van der Waals surface area (Å²) in [5.74, 6) is 5.03. The Labute approximate surface area is 81.6 Å². The zero-order chi connectivity index (χ0) is 9.19. The van der Waals surface area contributed by atoms with E-state index in [2.05, 4.69) is 17.2 Å². The average Bonchev–Trinajstić information content (AvgIpc) is 2.60. The molecule has 0 saturated heterocycles. The summed E-state index contributed by atoms with van der Waals surface area (Å²) in [5.41, 5.74) is 0. The van der Waals surface area contributed by atoms with Crippen molar-refractivity contribution in [2.75, 3.05) is 6.54 Å². The van der Waals surface area contributed by atoms with Gasteiger partial charge in [-0.1, -0.05) is 5.92 Å². The number of amides is 1. The monoisotopic (exact) mass is 205 g/mol. The third-order valence-corrected chi connectivity index (χ3v) is 2.51. The number of carbonyl (C=O) groups excluding carboxylic acids is 1. The van der Waals surface area contributed by atoms with E-state index in [0.717, 1.165) is 0 Å². The van der Waals surface area contributed by atoms with Gasteiger partial charge in [-0.2, -0.15) is 0 Å². The van der Waals surface area contributed by atoms with Crippen LogP contribution in [0.25, 0.3) is 0 Å². The molecule has 2 nitrogen and oxygen atoms in total. The van der Waals surface area contributed by atoms with Crippen LogP contribution in [0.15, 0.2) is 0 Å². The highest BCUT2D eigenvalue weighted by Gasteiger charge is 2.56. The van der Waals surface area contributed by atoms with Gasteiger partial charge in [0, 0.05) is 0 Å². The SMILES string of the molecule is CC#CCNC(=O)C1CC1(Cl)Cl. The van der Waals surface area contributed by atoms with Crippen LogP contribution in [0.1, 0.15) is 13.3 Å². The number of hydrogen-bond donors (Lipinski definition) is 1. The van der Waals surface area contributed by atoms with Gasteiger partial charge in [-0.05, 0) is 13.3 Å². The number of nitrogens with one attached hydrogen (secondary N) is 1. The van der Waals surface area contributed by atoms with Gasteiger partial charge in [-0.3, -0.25) is 4.79 Å². The summed E-state index contributed by atoms with van der Waals surface area (Å²) >= 11 is 11.4. The molecule has 0 radical (unpaired) electrons. The minimum atomic E-state index is -0.830. The molecule has 1 unspecified atom stereocenters. The van der Waals surface area contributed by atoms with Gasteiger partial charge in [-0.15, -0.1) is 29.1 Å². The lowest BCUT2D eigenvalue weighted by molar-refractivity contribution is -0.122. The zero-order valence-corrected chi connectivity index (χ0v) is 8.17. The summed E-state index contributed by atoms with van der Waals surface area (Å²) in [6, 6.07) is 0. The van der Waals surface area contributed by atoms with E-state index in [1.807, 2.05) is 0 Å². The molecular formula is C8H9Cl2NO. The Kier molecular flexibility index (Phi) is 2.87. The van der Waals surface area contributed by atoms with Crippen LogP contribution in [0.4, 0.5) is 0 Å². The zero-order valence-electron chi connectivity index (χ0n) is 6.66. The van der Waals surface area contributed by atoms with Crippen molar-refractivity contribution in [3.05, 3.63) is 0 Å². The average molecular weight is 206 g/mol. The van der Waals surface area contributed by atoms with Crippen molar-refractivity contribution < 1.29 is 4.79 Å². The van der Waals surface area contributed by atoms with Crippen LogP contribution in [0, 0.1) is 17.8 Å². The Morgan fingerprint density at radius 3 is 2.75 bits per heavy atom. The number of hydrogen-bond acceptors (Lipinski definition) is 1. The quantitative estimate of drug-likeness (QED) is 0.535. The van der Waals surface area contributed by atoms with E-state index in [1.54, 1.807) is 6.92 Å². The molecule has 1 aliphatic rings. The van der Waals surface area contributed by atoms with Gasteiger partial charge < -0.3 is 5.32 Å². The van der Waals surface area contributed by atoms with Crippen molar-refractivity contribution in [3.63, 3.8) is 0 Å². The first-order valence-corrected chi connectivity index (χ1v) is 4.38. The first-order chi connectivity index (χ1) is 5.58. The molecule has 0 spiro atoms. The summed E-state index contributed by atoms with van der Waals surface area (Å²) in [5, 5.41) is 2.62. The highest BCUT2D eigenvalue weighted by atomic mass is 35.5. The smallest absolute Gasteiger partial charge is 0.227 e. The predicted octanol–water partition coefficient (Wildman–Crippen LogP) is 1.32. The Morgan fingerprint density at radius 1 is 1.75 bits per heavy atom. The van der Waals surface area contributed by atoms with Crippen molar-refractivity contribution in [2.24, 2.45) is 5.92 Å². The van der Waals surface area contributed by atoms with Crippen molar-refractivity contribution in [1.29, 1.82) is 0 Å². The second-order valence-corrected chi connectivity index (χ2v) is 4.20. The van der Waals surface area contributed by atoms with Gasteiger partial charge in [0.2, 0.25) is 5.91 Å². The highest BCUT2D eigenvalue weighted by molar-refractivity contribution is 6.52. The molecule has 0 aliphatic heterocycles. The molecule has 1 N–H and O–H groups in total. The summed E-state index contributed by atoms with van der Waals surface area (Å²) in [6.07, 6.45) is 0.543. The van der Waals surface area contributed by atoms with Crippen LogP contribution >= 0.6 is 23.2 Å². The Balaban J connectivity index is 2.26. The number of rotatable bonds is 2. The maximum Gasteiger partial charge on any atom is 0.227 e. The summed E-state index contributed by atoms with van der Waals surface area (Å²) in [7, 11) is 0. The Bertz CT molecular complexity index is 252. The fourth-order valence-electron chi connectivity index (χ4n) is 0.841. The van der Waals surface area contributed by atoms with E-state index in [1.165, 1.54) is 0 Å². The molecule has 0 bridgehead atoms. The maximum atomic E-state index is 11.1. The molecule has 0 aromatic carbocycles. The van der Waals surface area contributed by atoms with Crippen LogP contribution in [0.2, 0.25) is 0 Å². The fourth-order valence-corrected chi connectivity index (χ4v) is 1.35. The van der Waals surface area contributed by atoms with Crippen molar-refractivity contribution in [2.45, 2.75) is 17.7 Å². The number of alkyl halides is 2. The molecule has 1 aliphatic carbocycles. The minimum Gasteiger partial charge on any atom is -0.345 e. The van der Waals surface area contributed by atoms with Gasteiger partial charge in [0.25, 0.3) is 0 Å². The van der Waals surface area contributed by atoms with E-state index in [9.17, 15) is 4.79 Å². The fraction of sp³-hybridized carbons (Fsp3) is 0.625. The first-order valence-electron chi connectivity index (χ1n) is 3.63. The molecule has 0 aromatic rings. The van der Waals surface area contributed by atoms with Crippen LogP contribution in [-0.4, -0.2) is 16.8 Å². The molecule has 1 amide bonds. The van der Waals surface area contributed by atoms with Gasteiger partial charge in [0.15, 0.2) is 0 Å². The highest BCUT2D eigenvalue weighted by Crippen LogP contribution is 2.53. The summed E-state index contributed by atoms with van der Waals surface area (Å²) in [6.45, 7) is 2.09. The third-order valence-electron chi connectivity index (χ3n) is 1.67. The standard InChI is InChI=1S/C8H9Cl2NO/c1-2-3-4-11-7(12)6-5-8(6,9)10/h6H,4-5H2,1H3,(H,11,12). The summed E-state index contributed by atoms with van der Waals surface area (Å²) in [4.78, 5) is 11.1. The van der Waals surface area contributed by atoms with Gasteiger partial charge >= 0.3 is 0 Å². The van der Waals surface area contributed by atoms with Gasteiger partial charge in [-0.25, -0.2) is 0 Å². The molecule has 1 saturated carbocycles. The van der Waals surface area contributed by atoms with Gasteiger partial charge in [0.05, 0.1) is 12.5 Å². The van der Waals surface area contributed by atoms with Crippen LogP contribution < -0.4 is 5.32 Å².